The topological polar surface area (TPSA) is 49.5 Å². The number of hydrogen-bond acceptors (Lipinski definition) is 3. The van der Waals surface area contributed by atoms with Gasteiger partial charge < -0.3 is 15.7 Å². The van der Waals surface area contributed by atoms with Crippen molar-refractivity contribution in [2.24, 2.45) is 0 Å². The molecule has 0 fully saturated rings. The number of aliphatic hydroxyl groups excluding tert-OH is 1. The number of halogens is 1. The summed E-state index contributed by atoms with van der Waals surface area (Å²) in [6, 6.07) is 5.81. The fourth-order valence-electron chi connectivity index (χ4n) is 1.30. The van der Waals surface area contributed by atoms with Gasteiger partial charge in [0, 0.05) is 24.7 Å². The summed E-state index contributed by atoms with van der Waals surface area (Å²) < 4.78 is 0.981. The first kappa shape index (κ1) is 11.3. The predicted octanol–water partition coefficient (Wildman–Crippen LogP) is 1.85. The first-order valence-corrected chi connectivity index (χ1v) is 5.31. The Labute approximate surface area is 92.7 Å². The molecule has 0 saturated heterocycles. The van der Waals surface area contributed by atoms with Crippen molar-refractivity contribution in [3.8, 4) is 0 Å². The van der Waals surface area contributed by atoms with Gasteiger partial charge in [-0.15, -0.1) is 0 Å². The van der Waals surface area contributed by atoms with Crippen LogP contribution in [-0.4, -0.2) is 25.3 Å². The van der Waals surface area contributed by atoms with Crippen LogP contribution in [0.1, 0.15) is 6.42 Å². The van der Waals surface area contributed by atoms with Crippen molar-refractivity contribution in [1.82, 2.24) is 0 Å². The van der Waals surface area contributed by atoms with E-state index in [2.05, 4.69) is 15.9 Å². The lowest BCUT2D eigenvalue weighted by molar-refractivity contribution is 0.290. The second kappa shape index (κ2) is 5.22. The number of hydrogen-bond donors (Lipinski definition) is 2. The van der Waals surface area contributed by atoms with Crippen LogP contribution >= 0.6 is 15.9 Å². The fraction of sp³-hybridized carbons (Fsp3) is 0.400. The number of nitrogens with zero attached hydrogens (tertiary/aromatic N) is 1. The van der Waals surface area contributed by atoms with Crippen LogP contribution < -0.4 is 10.6 Å². The molecule has 14 heavy (non-hydrogen) atoms. The van der Waals surface area contributed by atoms with Gasteiger partial charge >= 0.3 is 0 Å². The number of nitrogen functional groups attached to an aromatic ring is 1. The van der Waals surface area contributed by atoms with E-state index in [0.717, 1.165) is 28.8 Å². The molecule has 0 unspecified atom stereocenters. The van der Waals surface area contributed by atoms with E-state index in [1.165, 1.54) is 0 Å². The number of anilines is 2. The highest BCUT2D eigenvalue weighted by Gasteiger charge is 2.04. The molecule has 0 aliphatic rings. The highest BCUT2D eigenvalue weighted by molar-refractivity contribution is 9.10. The van der Waals surface area contributed by atoms with Crippen molar-refractivity contribution >= 4 is 27.3 Å². The molecule has 0 heterocycles. The van der Waals surface area contributed by atoms with E-state index in [1.54, 1.807) is 0 Å². The maximum atomic E-state index is 8.71. The lowest BCUT2D eigenvalue weighted by Gasteiger charge is -2.20. The molecule has 0 amide bonds. The summed E-state index contributed by atoms with van der Waals surface area (Å²) in [7, 11) is 1.97. The van der Waals surface area contributed by atoms with Crippen LogP contribution in [0.4, 0.5) is 11.4 Å². The smallest absolute Gasteiger partial charge is 0.0598 e. The third-order valence-corrected chi connectivity index (χ3v) is 2.55. The summed E-state index contributed by atoms with van der Waals surface area (Å²) in [4.78, 5) is 2.04. The lowest BCUT2D eigenvalue weighted by Crippen LogP contribution is -2.20. The van der Waals surface area contributed by atoms with E-state index in [4.69, 9.17) is 10.8 Å². The average Bonchev–Trinajstić information content (AvgIpc) is 2.14. The molecule has 4 heteroatoms. The van der Waals surface area contributed by atoms with Crippen LogP contribution in [0.5, 0.6) is 0 Å². The zero-order chi connectivity index (χ0) is 10.6. The van der Waals surface area contributed by atoms with Crippen LogP contribution in [0.2, 0.25) is 0 Å². The van der Waals surface area contributed by atoms with Crippen molar-refractivity contribution in [3.63, 3.8) is 0 Å². The molecule has 0 aromatic heterocycles. The SMILES string of the molecule is CN(CCCO)c1ccc(Br)cc1N. The van der Waals surface area contributed by atoms with Crippen LogP contribution in [-0.2, 0) is 0 Å². The minimum atomic E-state index is 0.209. The van der Waals surface area contributed by atoms with E-state index >= 15 is 0 Å². The molecule has 1 aromatic carbocycles. The van der Waals surface area contributed by atoms with Gasteiger partial charge in [-0.05, 0) is 24.6 Å². The van der Waals surface area contributed by atoms with E-state index in [9.17, 15) is 0 Å². The number of nitrogens with two attached hydrogens (primary N) is 1. The van der Waals surface area contributed by atoms with Crippen LogP contribution in [0.25, 0.3) is 0 Å². The number of rotatable bonds is 4. The van der Waals surface area contributed by atoms with Crippen molar-refractivity contribution in [2.75, 3.05) is 30.8 Å². The third kappa shape index (κ3) is 2.89. The number of aliphatic hydroxyl groups is 1. The first-order valence-electron chi connectivity index (χ1n) is 4.52. The van der Waals surface area contributed by atoms with Gasteiger partial charge in [-0.2, -0.15) is 0 Å². The Bertz CT molecular complexity index is 304. The maximum Gasteiger partial charge on any atom is 0.0598 e. The normalized spacial score (nSPS) is 10.2. The maximum absolute atomic E-state index is 8.71. The predicted molar refractivity (Wildman–Crippen MR) is 63.5 cm³/mol. The monoisotopic (exact) mass is 258 g/mol. The largest absolute Gasteiger partial charge is 0.397 e. The van der Waals surface area contributed by atoms with Gasteiger partial charge in [-0.25, -0.2) is 0 Å². The summed E-state index contributed by atoms with van der Waals surface area (Å²) in [5.41, 5.74) is 7.61. The highest BCUT2D eigenvalue weighted by Crippen LogP contribution is 2.25. The molecule has 1 aromatic rings. The third-order valence-electron chi connectivity index (χ3n) is 2.05. The van der Waals surface area contributed by atoms with Crippen molar-refractivity contribution in [3.05, 3.63) is 22.7 Å². The summed E-state index contributed by atoms with van der Waals surface area (Å²) in [5.74, 6) is 0. The molecule has 3 N–H and O–H groups in total. The van der Waals surface area contributed by atoms with Gasteiger partial charge in [-0.3, -0.25) is 0 Å². The van der Waals surface area contributed by atoms with Gasteiger partial charge in [-0.1, -0.05) is 15.9 Å². The molecule has 0 spiro atoms. The summed E-state index contributed by atoms with van der Waals surface area (Å²) >= 11 is 3.36. The standard InChI is InChI=1S/C10H15BrN2O/c1-13(5-2-6-14)10-4-3-8(11)7-9(10)12/h3-4,7,14H,2,5-6,12H2,1H3. The Morgan fingerprint density at radius 2 is 2.21 bits per heavy atom. The molecular formula is C10H15BrN2O. The molecular weight excluding hydrogens is 244 g/mol. The molecule has 0 aliphatic heterocycles. The van der Waals surface area contributed by atoms with Gasteiger partial charge in [0.25, 0.3) is 0 Å². The Morgan fingerprint density at radius 1 is 1.50 bits per heavy atom. The van der Waals surface area contributed by atoms with E-state index < -0.39 is 0 Å². The quantitative estimate of drug-likeness (QED) is 0.811. The second-order valence-corrected chi connectivity index (χ2v) is 4.12. The Balaban J connectivity index is 2.74. The van der Waals surface area contributed by atoms with Crippen molar-refractivity contribution < 1.29 is 5.11 Å². The lowest BCUT2D eigenvalue weighted by atomic mass is 10.2. The van der Waals surface area contributed by atoms with Crippen LogP contribution in [0.3, 0.4) is 0 Å². The fourth-order valence-corrected chi connectivity index (χ4v) is 1.68. The molecule has 0 atom stereocenters. The number of benzene rings is 1. The first-order chi connectivity index (χ1) is 6.65. The molecule has 78 valence electrons. The van der Waals surface area contributed by atoms with Crippen molar-refractivity contribution in [1.29, 1.82) is 0 Å². The van der Waals surface area contributed by atoms with E-state index in [-0.39, 0.29) is 6.61 Å². The van der Waals surface area contributed by atoms with Crippen molar-refractivity contribution in [2.45, 2.75) is 6.42 Å². The van der Waals surface area contributed by atoms with E-state index in [1.807, 2.05) is 30.1 Å². The molecule has 0 radical (unpaired) electrons. The molecule has 0 aliphatic carbocycles. The molecule has 0 saturated carbocycles. The zero-order valence-electron chi connectivity index (χ0n) is 8.20. The van der Waals surface area contributed by atoms with E-state index in [0.29, 0.717) is 0 Å². The Hall–Kier alpha value is -0.740. The van der Waals surface area contributed by atoms with Gasteiger partial charge in [0.05, 0.1) is 11.4 Å². The summed E-state index contributed by atoms with van der Waals surface area (Å²) in [6.07, 6.45) is 0.756. The summed E-state index contributed by atoms with van der Waals surface area (Å²) in [6.45, 7) is 1.02. The minimum Gasteiger partial charge on any atom is -0.397 e. The minimum absolute atomic E-state index is 0.209. The van der Waals surface area contributed by atoms with Crippen LogP contribution in [0.15, 0.2) is 22.7 Å². The molecule has 1 rings (SSSR count). The second-order valence-electron chi connectivity index (χ2n) is 3.20. The average molecular weight is 259 g/mol. The van der Waals surface area contributed by atoms with Crippen LogP contribution in [0, 0.1) is 0 Å². The summed E-state index contributed by atoms with van der Waals surface area (Å²) in [5, 5.41) is 8.71. The molecule has 0 bridgehead atoms. The highest BCUT2D eigenvalue weighted by atomic mass is 79.9. The molecule has 3 nitrogen and oxygen atoms in total. The Morgan fingerprint density at radius 3 is 2.79 bits per heavy atom. The Kier molecular flexibility index (Phi) is 4.22. The van der Waals surface area contributed by atoms with Gasteiger partial charge in [0.15, 0.2) is 0 Å². The van der Waals surface area contributed by atoms with Gasteiger partial charge in [0.1, 0.15) is 0 Å². The zero-order valence-corrected chi connectivity index (χ0v) is 9.79. The van der Waals surface area contributed by atoms with Gasteiger partial charge in [0.2, 0.25) is 0 Å².